The van der Waals surface area contributed by atoms with Crippen LogP contribution in [0.2, 0.25) is 0 Å². The van der Waals surface area contributed by atoms with Gasteiger partial charge in [-0.05, 0) is 29.1 Å². The molecule has 0 spiro atoms. The minimum Gasteiger partial charge on any atom is -0.497 e. The summed E-state index contributed by atoms with van der Waals surface area (Å²) >= 11 is 0. The molecule has 15 nitrogen and oxygen atoms in total. The molecule has 1 saturated heterocycles. The third-order valence-corrected chi connectivity index (χ3v) is 6.58. The van der Waals surface area contributed by atoms with Gasteiger partial charge in [0.05, 0.1) is 39.6 Å². The zero-order chi connectivity index (χ0) is 27.6. The molecule has 1 aromatic rings. The van der Waals surface area contributed by atoms with Crippen LogP contribution >= 0.6 is 7.82 Å². The number of amides is 1. The van der Waals surface area contributed by atoms with Crippen LogP contribution in [-0.2, 0) is 25.0 Å². The number of amidine groups is 2. The highest BCUT2D eigenvalue weighted by Gasteiger charge is 2.53. The quantitative estimate of drug-likeness (QED) is 0.129. The molecule has 0 saturated carbocycles. The number of hydrogen-bond acceptors (Lipinski definition) is 10. The number of hydrogen-bond donors (Lipinski definition) is 5. The van der Waals surface area contributed by atoms with Gasteiger partial charge in [-0.15, -0.1) is 0 Å². The fourth-order valence-corrected chi connectivity index (χ4v) is 4.58. The molecule has 1 aromatic carbocycles. The fourth-order valence-electron chi connectivity index (χ4n) is 4.24. The van der Waals surface area contributed by atoms with E-state index < -0.39 is 50.9 Å². The van der Waals surface area contributed by atoms with E-state index in [1.54, 1.807) is 38.4 Å². The molecule has 0 aliphatic carbocycles. The molecule has 6 N–H and O–H groups in total. The lowest BCUT2D eigenvalue weighted by molar-refractivity contribution is -0.517. The highest BCUT2D eigenvalue weighted by molar-refractivity contribution is 7.46. The smallest absolute Gasteiger partial charge is 0.469 e. The van der Waals surface area contributed by atoms with E-state index in [2.05, 4.69) is 31.5 Å². The molecule has 0 bridgehead atoms. The number of aliphatic hydroxyl groups is 1. The Bertz CT molecular complexity index is 1270. The molecule has 1 amide bonds. The van der Waals surface area contributed by atoms with Crippen LogP contribution in [0.15, 0.2) is 39.2 Å². The summed E-state index contributed by atoms with van der Waals surface area (Å²) in [7, 11) is -1.62. The van der Waals surface area contributed by atoms with Gasteiger partial charge in [0.2, 0.25) is 18.5 Å². The standard InChI is InChI=1S/C22H28N7O8P/c1-28(2)19-17-20(25-10-24-19)29(11-26-17)22-18(30)16(15(37-22)9-36-38(32,33)34)27-21(31)14(23)8-12-4-6-13(35-3)7-5-12/h4-7,11,14-16,18,22,30H,1,8-10,23H2,2-3H3,(H-2,27,31,32,33,34)/p+2/t14-,15+,16+,18+,22+/m0/s1. The second kappa shape index (κ2) is 11.3. The molecule has 16 heteroatoms. The van der Waals surface area contributed by atoms with Gasteiger partial charge in [-0.3, -0.25) is 9.32 Å². The molecule has 0 radical (unpaired) electrons. The van der Waals surface area contributed by atoms with Crippen LogP contribution in [0.1, 0.15) is 5.56 Å². The number of nitrogens with zero attached hydrogens (tertiary/aromatic N) is 5. The average Bonchev–Trinajstić information content (AvgIpc) is 3.43. The summed E-state index contributed by atoms with van der Waals surface area (Å²) in [5, 5.41) is 13.8. The van der Waals surface area contributed by atoms with Crippen molar-refractivity contribution in [2.24, 2.45) is 20.7 Å². The number of benzene rings is 1. The van der Waals surface area contributed by atoms with E-state index in [1.807, 2.05) is 0 Å². The monoisotopic (exact) mass is 551 g/mol. The van der Waals surface area contributed by atoms with Crippen molar-refractivity contribution in [1.29, 1.82) is 0 Å². The van der Waals surface area contributed by atoms with Gasteiger partial charge in [0.25, 0.3) is 6.67 Å². The number of carbonyl (C=O) groups excluding carboxylic acids is 1. The number of ether oxygens (including phenoxy) is 2. The number of aliphatic imine (C=N–C) groups is 3. The third kappa shape index (κ3) is 6.10. The summed E-state index contributed by atoms with van der Waals surface area (Å²) in [5.74, 6) is 0.913. The number of methoxy groups -OCH3 is 1. The zero-order valence-corrected chi connectivity index (χ0v) is 21.6. The van der Waals surface area contributed by atoms with Gasteiger partial charge in [0.1, 0.15) is 18.0 Å². The van der Waals surface area contributed by atoms with Gasteiger partial charge in [0.15, 0.2) is 0 Å². The lowest BCUT2D eigenvalue weighted by Crippen LogP contribution is -2.54. The predicted molar refractivity (Wildman–Crippen MR) is 136 cm³/mol. The maximum Gasteiger partial charge on any atom is 0.469 e. The van der Waals surface area contributed by atoms with E-state index in [0.29, 0.717) is 23.1 Å². The molecule has 0 unspecified atom stereocenters. The Morgan fingerprint density at radius 3 is 2.71 bits per heavy atom. The third-order valence-electron chi connectivity index (χ3n) is 6.10. The normalized spacial score (nSPS) is 25.5. The average molecular weight is 551 g/mol. The van der Waals surface area contributed by atoms with Crippen LogP contribution in [0.25, 0.3) is 0 Å². The van der Waals surface area contributed by atoms with Gasteiger partial charge >= 0.3 is 25.2 Å². The number of rotatable bonds is 9. The lowest BCUT2D eigenvalue weighted by Gasteiger charge is -2.23. The highest BCUT2D eigenvalue weighted by Crippen LogP contribution is 2.37. The van der Waals surface area contributed by atoms with E-state index in [0.717, 1.165) is 5.56 Å². The molecule has 0 aromatic heterocycles. The van der Waals surface area contributed by atoms with Crippen molar-refractivity contribution >= 4 is 44.2 Å². The summed E-state index contributed by atoms with van der Waals surface area (Å²) in [6.07, 6.45) is -2.03. The Kier molecular flexibility index (Phi) is 8.28. The van der Waals surface area contributed by atoms with Crippen LogP contribution in [0, 0.1) is 0 Å². The first-order chi connectivity index (χ1) is 18.0. The van der Waals surface area contributed by atoms with Crippen molar-refractivity contribution in [3.05, 3.63) is 29.8 Å². The van der Waals surface area contributed by atoms with Gasteiger partial charge in [-0.2, -0.15) is 0 Å². The van der Waals surface area contributed by atoms with Gasteiger partial charge in [0, 0.05) is 0 Å². The fraction of sp³-hybridized carbons (Fsp3) is 0.455. The first kappa shape index (κ1) is 27.9. The van der Waals surface area contributed by atoms with E-state index >= 15 is 0 Å². The van der Waals surface area contributed by atoms with E-state index in [-0.39, 0.29) is 13.1 Å². The van der Waals surface area contributed by atoms with Crippen molar-refractivity contribution in [2.45, 2.75) is 36.9 Å². The lowest BCUT2D eigenvalue weighted by atomic mass is 10.0. The molecule has 5 atom stereocenters. The van der Waals surface area contributed by atoms with Crippen LogP contribution in [0.3, 0.4) is 0 Å². The summed E-state index contributed by atoms with van der Waals surface area (Å²) in [4.78, 5) is 44.3. The van der Waals surface area contributed by atoms with Crippen LogP contribution < -0.4 is 15.8 Å². The second-order valence-electron chi connectivity index (χ2n) is 8.84. The molecule has 1 fully saturated rings. The molecule has 3 aliphatic rings. The topological polar surface area (TPSA) is 204 Å². The number of nitrogens with two attached hydrogens (primary N) is 1. The molecule has 204 valence electrons. The number of phosphoric acid groups is 1. The molecular weight excluding hydrogens is 521 g/mol. The molecule has 3 aliphatic heterocycles. The summed E-state index contributed by atoms with van der Waals surface area (Å²) < 4.78 is 30.0. The zero-order valence-electron chi connectivity index (χ0n) is 20.7. The van der Waals surface area contributed by atoms with Crippen molar-refractivity contribution in [3.63, 3.8) is 0 Å². The SMILES string of the molecule is C=[N+](C)C1=NCN=C2C1=NC=[N+]2[C@@H]1O[C@H](COP(=O)(O)O)[C@@H](NC(=O)[C@@H](N)Cc2ccc(OC)cc2)[C@H]1O. The first-order valence-corrected chi connectivity index (χ1v) is 13.1. The van der Waals surface area contributed by atoms with Crippen molar-refractivity contribution in [2.75, 3.05) is 27.4 Å². The van der Waals surface area contributed by atoms with Gasteiger partial charge in [-0.25, -0.2) is 13.7 Å². The van der Waals surface area contributed by atoms with Crippen molar-refractivity contribution in [1.82, 2.24) is 5.32 Å². The Balaban J connectivity index is 1.49. The summed E-state index contributed by atoms with van der Waals surface area (Å²) in [6.45, 7) is 3.30. The number of fused-ring (bicyclic) bond motifs is 1. The van der Waals surface area contributed by atoms with Crippen molar-refractivity contribution in [3.8, 4) is 5.75 Å². The maximum absolute atomic E-state index is 13.0. The Morgan fingerprint density at radius 2 is 2.08 bits per heavy atom. The minimum atomic E-state index is -4.86. The van der Waals surface area contributed by atoms with E-state index in [9.17, 15) is 24.3 Å². The van der Waals surface area contributed by atoms with Crippen LogP contribution in [-0.4, -0.2) is 118 Å². The van der Waals surface area contributed by atoms with E-state index in [1.165, 1.54) is 15.5 Å². The molecule has 4 rings (SSSR count). The molecular formula is C22H30N7O8P+2. The summed E-state index contributed by atoms with van der Waals surface area (Å²) in [6, 6.07) is 4.94. The Labute approximate surface area is 217 Å². The number of carbonyl (C=O) groups is 1. The largest absolute Gasteiger partial charge is 0.497 e. The van der Waals surface area contributed by atoms with Crippen LogP contribution in [0.4, 0.5) is 0 Å². The van der Waals surface area contributed by atoms with Crippen molar-refractivity contribution < 1.29 is 47.4 Å². The number of nitrogens with one attached hydrogen (secondary N) is 1. The first-order valence-electron chi connectivity index (χ1n) is 11.5. The van der Waals surface area contributed by atoms with E-state index in [4.69, 9.17) is 15.2 Å². The summed E-state index contributed by atoms with van der Waals surface area (Å²) in [5.41, 5.74) is 7.33. The Morgan fingerprint density at radius 1 is 1.37 bits per heavy atom. The van der Waals surface area contributed by atoms with Gasteiger partial charge in [-0.1, -0.05) is 22.1 Å². The maximum atomic E-state index is 13.0. The molecule has 38 heavy (non-hydrogen) atoms. The number of aliphatic hydroxyl groups excluding tert-OH is 1. The number of phosphoric ester groups is 1. The second-order valence-corrected chi connectivity index (χ2v) is 10.1. The predicted octanol–water partition coefficient (Wildman–Crippen LogP) is -2.15. The highest BCUT2D eigenvalue weighted by atomic mass is 31.2. The molecule has 3 heterocycles. The van der Waals surface area contributed by atoms with Gasteiger partial charge < -0.3 is 35.4 Å². The Hall–Kier alpha value is -3.17. The minimum absolute atomic E-state index is 0.0990. The van der Waals surface area contributed by atoms with Crippen LogP contribution in [0.5, 0.6) is 5.75 Å².